The average molecular weight is 297 g/mol. The Balaban J connectivity index is 2.25. The van der Waals surface area contributed by atoms with Gasteiger partial charge in [-0.25, -0.2) is 0 Å². The maximum absolute atomic E-state index is 12.5. The zero-order chi connectivity index (χ0) is 15.9. The molecule has 0 amide bonds. The molecule has 1 aromatic carbocycles. The molecular weight excluding hydrogens is 270 g/mol. The van der Waals surface area contributed by atoms with Crippen LogP contribution in [0.1, 0.15) is 56.8 Å². The number of carbonyl (C=O) groups excluding carboxylic acids is 1. The number of rotatable bonds is 8. The molecular formula is C20H27NO. The zero-order valence-corrected chi connectivity index (χ0v) is 14.0. The van der Waals surface area contributed by atoms with Gasteiger partial charge in [0.15, 0.2) is 5.78 Å². The van der Waals surface area contributed by atoms with E-state index in [1.807, 2.05) is 24.4 Å². The fourth-order valence-corrected chi connectivity index (χ4v) is 2.70. The van der Waals surface area contributed by atoms with Gasteiger partial charge in [0.05, 0.1) is 0 Å². The Morgan fingerprint density at radius 1 is 1.23 bits per heavy atom. The van der Waals surface area contributed by atoms with Crippen molar-refractivity contribution in [3.8, 4) is 0 Å². The molecule has 1 aromatic heterocycles. The van der Waals surface area contributed by atoms with Crippen LogP contribution in [0, 0.1) is 5.92 Å². The van der Waals surface area contributed by atoms with E-state index in [9.17, 15) is 4.79 Å². The summed E-state index contributed by atoms with van der Waals surface area (Å²) in [5, 5.41) is 1.07. The minimum atomic E-state index is 0.117. The van der Waals surface area contributed by atoms with Crippen molar-refractivity contribution >= 4 is 16.7 Å². The number of unbranched alkanes of at least 4 members (excludes halogenated alkanes) is 2. The number of nitrogens with zero attached hydrogens (tertiary/aromatic N) is 1. The number of hydrogen-bond acceptors (Lipinski definition) is 1. The first-order chi connectivity index (χ1) is 10.6. The molecule has 22 heavy (non-hydrogen) atoms. The second-order valence-electron chi connectivity index (χ2n) is 6.36. The predicted molar refractivity (Wildman–Crippen MR) is 94.4 cm³/mol. The van der Waals surface area contributed by atoms with Gasteiger partial charge >= 0.3 is 0 Å². The average Bonchev–Trinajstić information content (AvgIpc) is 2.86. The molecule has 0 aliphatic heterocycles. The van der Waals surface area contributed by atoms with E-state index >= 15 is 0 Å². The first-order valence-corrected chi connectivity index (χ1v) is 8.42. The van der Waals surface area contributed by atoms with Crippen LogP contribution in [-0.4, -0.2) is 10.4 Å². The standard InChI is InChI=1S/C20H27NO/c1-4-5-8-14-21-15-18(17-11-6-7-12-19(17)21)20(22)13-9-10-16(2)3/h6-7,9,11-13,15-16H,4-5,8,10,14H2,1-3H3/b13-9+. The number of allylic oxidation sites excluding steroid dienone is 2. The van der Waals surface area contributed by atoms with E-state index in [4.69, 9.17) is 0 Å². The smallest absolute Gasteiger partial charge is 0.187 e. The normalized spacial score (nSPS) is 11.8. The molecule has 2 nitrogen and oxygen atoms in total. The number of hydrogen-bond donors (Lipinski definition) is 0. The maximum atomic E-state index is 12.5. The van der Waals surface area contributed by atoms with Crippen LogP contribution in [0.25, 0.3) is 10.9 Å². The minimum absolute atomic E-state index is 0.117. The number of benzene rings is 1. The van der Waals surface area contributed by atoms with Gasteiger partial charge in [-0.15, -0.1) is 0 Å². The van der Waals surface area contributed by atoms with Crippen LogP contribution in [-0.2, 0) is 6.54 Å². The Hall–Kier alpha value is -1.83. The van der Waals surface area contributed by atoms with E-state index in [1.165, 1.54) is 18.4 Å². The van der Waals surface area contributed by atoms with Crippen molar-refractivity contribution in [1.82, 2.24) is 4.57 Å². The van der Waals surface area contributed by atoms with Gasteiger partial charge in [-0.3, -0.25) is 4.79 Å². The predicted octanol–water partition coefficient (Wildman–Crippen LogP) is 5.62. The van der Waals surface area contributed by atoms with Crippen molar-refractivity contribution in [3.05, 3.63) is 48.2 Å². The van der Waals surface area contributed by atoms with Crippen molar-refractivity contribution in [2.75, 3.05) is 0 Å². The molecule has 0 radical (unpaired) electrons. The number of carbonyl (C=O) groups is 1. The van der Waals surface area contributed by atoms with E-state index in [2.05, 4.69) is 37.5 Å². The molecule has 0 aliphatic carbocycles. The van der Waals surface area contributed by atoms with Crippen molar-refractivity contribution in [2.24, 2.45) is 5.92 Å². The van der Waals surface area contributed by atoms with Crippen molar-refractivity contribution in [3.63, 3.8) is 0 Å². The van der Waals surface area contributed by atoms with Crippen molar-refractivity contribution in [1.29, 1.82) is 0 Å². The van der Waals surface area contributed by atoms with Gasteiger partial charge < -0.3 is 4.57 Å². The highest BCUT2D eigenvalue weighted by atomic mass is 16.1. The van der Waals surface area contributed by atoms with E-state index in [0.717, 1.165) is 30.3 Å². The topological polar surface area (TPSA) is 22.0 Å². The Morgan fingerprint density at radius 2 is 2.00 bits per heavy atom. The molecule has 118 valence electrons. The molecule has 0 N–H and O–H groups in total. The van der Waals surface area contributed by atoms with Gasteiger partial charge in [0.1, 0.15) is 0 Å². The fraction of sp³-hybridized carbons (Fsp3) is 0.450. The summed E-state index contributed by atoms with van der Waals surface area (Å²) in [5.41, 5.74) is 1.99. The minimum Gasteiger partial charge on any atom is -0.347 e. The van der Waals surface area contributed by atoms with Crippen LogP contribution in [0.5, 0.6) is 0 Å². The first-order valence-electron chi connectivity index (χ1n) is 8.42. The lowest BCUT2D eigenvalue weighted by Gasteiger charge is -2.03. The number of aryl methyl sites for hydroxylation is 1. The first kappa shape index (κ1) is 16.5. The lowest BCUT2D eigenvalue weighted by molar-refractivity contribution is 0.104. The quantitative estimate of drug-likeness (QED) is 0.352. The van der Waals surface area contributed by atoms with Crippen molar-refractivity contribution in [2.45, 2.75) is 53.0 Å². The highest BCUT2D eigenvalue weighted by Gasteiger charge is 2.12. The van der Waals surface area contributed by atoms with Gasteiger partial charge in [-0.2, -0.15) is 0 Å². The van der Waals surface area contributed by atoms with E-state index in [1.54, 1.807) is 6.08 Å². The van der Waals surface area contributed by atoms with Gasteiger partial charge in [0.25, 0.3) is 0 Å². The molecule has 0 atom stereocenters. The summed E-state index contributed by atoms with van der Waals surface area (Å²) >= 11 is 0. The summed E-state index contributed by atoms with van der Waals surface area (Å²) in [6.45, 7) is 7.52. The Kier molecular flexibility index (Phi) is 6.00. The third kappa shape index (κ3) is 4.09. The number of ketones is 1. The molecule has 0 saturated carbocycles. The molecule has 0 saturated heterocycles. The van der Waals surface area contributed by atoms with Gasteiger partial charge in [0, 0.05) is 29.2 Å². The summed E-state index contributed by atoms with van der Waals surface area (Å²) in [5.74, 6) is 0.700. The summed E-state index contributed by atoms with van der Waals surface area (Å²) in [6, 6.07) is 8.21. The lowest BCUT2D eigenvalue weighted by Crippen LogP contribution is -1.97. The van der Waals surface area contributed by atoms with Crippen LogP contribution >= 0.6 is 0 Å². The molecule has 1 heterocycles. The molecule has 2 aromatic rings. The second kappa shape index (κ2) is 7.98. The zero-order valence-electron chi connectivity index (χ0n) is 14.0. The monoisotopic (exact) mass is 297 g/mol. The summed E-state index contributed by atoms with van der Waals surface area (Å²) in [4.78, 5) is 12.5. The fourth-order valence-electron chi connectivity index (χ4n) is 2.70. The highest BCUT2D eigenvalue weighted by Crippen LogP contribution is 2.23. The largest absolute Gasteiger partial charge is 0.347 e. The molecule has 0 spiro atoms. The number of fused-ring (bicyclic) bond motifs is 1. The van der Waals surface area contributed by atoms with Crippen LogP contribution in [0.15, 0.2) is 42.6 Å². The Bertz CT molecular complexity index is 649. The van der Waals surface area contributed by atoms with Crippen LogP contribution in [0.2, 0.25) is 0 Å². The Morgan fingerprint density at radius 3 is 2.73 bits per heavy atom. The second-order valence-corrected chi connectivity index (χ2v) is 6.36. The SMILES string of the molecule is CCCCCn1cc(C(=O)/C=C/CC(C)C)c2ccccc21. The molecule has 0 fully saturated rings. The van der Waals surface area contributed by atoms with Gasteiger partial charge in [0.2, 0.25) is 0 Å². The van der Waals surface area contributed by atoms with Crippen LogP contribution in [0.4, 0.5) is 0 Å². The Labute approximate surface area is 133 Å². The third-order valence-electron chi connectivity index (χ3n) is 3.93. The molecule has 0 unspecified atom stereocenters. The molecule has 0 bridgehead atoms. The maximum Gasteiger partial charge on any atom is 0.187 e. The molecule has 0 aliphatic rings. The van der Waals surface area contributed by atoms with Crippen molar-refractivity contribution < 1.29 is 4.79 Å². The number of para-hydroxylation sites is 1. The number of aromatic nitrogens is 1. The molecule has 2 heteroatoms. The lowest BCUT2D eigenvalue weighted by atomic mass is 10.1. The highest BCUT2D eigenvalue weighted by molar-refractivity contribution is 6.13. The van der Waals surface area contributed by atoms with E-state index in [-0.39, 0.29) is 5.78 Å². The van der Waals surface area contributed by atoms with E-state index in [0.29, 0.717) is 5.92 Å². The van der Waals surface area contributed by atoms with Crippen LogP contribution < -0.4 is 0 Å². The van der Waals surface area contributed by atoms with Gasteiger partial charge in [-0.1, -0.05) is 57.9 Å². The summed E-state index contributed by atoms with van der Waals surface area (Å²) in [6.07, 6.45) is 10.3. The van der Waals surface area contributed by atoms with Gasteiger partial charge in [-0.05, 0) is 30.9 Å². The third-order valence-corrected chi connectivity index (χ3v) is 3.93. The summed E-state index contributed by atoms with van der Waals surface area (Å²) in [7, 11) is 0. The molecule has 2 rings (SSSR count). The van der Waals surface area contributed by atoms with Crippen LogP contribution in [0.3, 0.4) is 0 Å². The van der Waals surface area contributed by atoms with E-state index < -0.39 is 0 Å². The summed E-state index contributed by atoms with van der Waals surface area (Å²) < 4.78 is 2.23.